The number of hydrogen-bond acceptors (Lipinski definition) is 13. The number of imidazole rings is 1. The maximum Gasteiger partial charge on any atom is 0.408 e. The van der Waals surface area contributed by atoms with E-state index in [0.29, 0.717) is 24.1 Å². The monoisotopic (exact) mass is 1370 g/mol. The van der Waals surface area contributed by atoms with Crippen molar-refractivity contribution < 1.29 is 56.2 Å². The highest BCUT2D eigenvalue weighted by molar-refractivity contribution is 7.90. The Morgan fingerprint density at radius 3 is 1.35 bits per heavy atom. The largest absolute Gasteiger partial charge is 0.464 e. The summed E-state index contributed by atoms with van der Waals surface area (Å²) in [6, 6.07) is 41.4. The second kappa shape index (κ2) is 32.2. The number of alkyl carbamates (subject to hydrolysis) is 1. The van der Waals surface area contributed by atoms with Crippen LogP contribution in [0.15, 0.2) is 157 Å². The Morgan fingerprint density at radius 2 is 0.929 bits per heavy atom. The number of aryl methyl sites for hydroxylation is 1. The van der Waals surface area contributed by atoms with Gasteiger partial charge in [-0.1, -0.05) is 160 Å². The number of carbonyl (C=O) groups is 8. The molecule has 5 aromatic carbocycles. The lowest BCUT2D eigenvalue weighted by Gasteiger charge is -2.22. The van der Waals surface area contributed by atoms with Crippen molar-refractivity contribution in [3.05, 3.63) is 191 Å². The number of rotatable bonds is 31. The highest BCUT2D eigenvalue weighted by atomic mass is 32.2. The fourth-order valence-electron chi connectivity index (χ4n) is 13.8. The van der Waals surface area contributed by atoms with Crippen LogP contribution in [0.2, 0.25) is 0 Å². The molecule has 2 aliphatic heterocycles. The van der Waals surface area contributed by atoms with Gasteiger partial charge < -0.3 is 45.9 Å². The molecule has 99 heavy (non-hydrogen) atoms. The first kappa shape index (κ1) is 71.1. The summed E-state index contributed by atoms with van der Waals surface area (Å²) in [6.45, 7) is 7.72. The number of unbranched alkanes of at least 4 members (excludes halogenated alkanes) is 9. The van der Waals surface area contributed by atoms with Crippen LogP contribution >= 0.6 is 0 Å². The average Bonchev–Trinajstić information content (AvgIpc) is 1.69. The first-order valence-electron chi connectivity index (χ1n) is 35.2. The third-order valence-electron chi connectivity index (χ3n) is 19.7. The molecular formula is C77H93N9O12S. The predicted molar refractivity (Wildman–Crippen MR) is 372 cm³/mol. The molecule has 5 N–H and O–H groups in total. The third kappa shape index (κ3) is 19.0. The highest BCUT2D eigenvalue weighted by Gasteiger charge is 2.50. The summed E-state index contributed by atoms with van der Waals surface area (Å²) in [5.74, 6) is -5.01. The molecular weight excluding hydrogens is 1270 g/mol. The molecule has 6 aromatic rings. The number of nitrogens with zero attached hydrogens (tertiary/aromatic N) is 4. The normalized spacial score (nSPS) is 22.5. The Balaban J connectivity index is 0.616. The lowest BCUT2D eigenvalue weighted by atomic mass is 9.94. The van der Waals surface area contributed by atoms with Gasteiger partial charge in [-0.3, -0.25) is 28.8 Å². The molecule has 0 radical (unpaired) electrons. The molecule has 7 amide bonds. The Hall–Kier alpha value is -9.18. The maximum absolute atomic E-state index is 14.4. The second-order valence-electron chi connectivity index (χ2n) is 28.4. The molecule has 2 saturated heterocycles. The molecule has 21 nitrogen and oxygen atoms in total. The molecule has 0 unspecified atom stereocenters. The zero-order valence-electron chi connectivity index (χ0n) is 57.0. The topological polar surface area (TPSA) is 274 Å². The number of benzene rings is 5. The third-order valence-corrected chi connectivity index (χ3v) is 21.3. The molecule has 11 atom stereocenters. The summed E-state index contributed by atoms with van der Waals surface area (Å²) in [4.78, 5) is 119. The van der Waals surface area contributed by atoms with Gasteiger partial charge in [0.2, 0.25) is 23.6 Å². The lowest BCUT2D eigenvalue weighted by molar-refractivity contribution is -0.146. The Morgan fingerprint density at radius 1 is 0.525 bits per heavy atom. The van der Waals surface area contributed by atoms with E-state index in [9.17, 15) is 46.8 Å². The van der Waals surface area contributed by atoms with E-state index in [-0.39, 0.29) is 121 Å². The minimum absolute atomic E-state index is 0.0383. The van der Waals surface area contributed by atoms with Crippen LogP contribution in [0.5, 0.6) is 0 Å². The van der Waals surface area contributed by atoms with Gasteiger partial charge in [-0.25, -0.2) is 27.0 Å². The Labute approximate surface area is 580 Å². The average molecular weight is 1370 g/mol. The molecule has 22 heteroatoms. The number of carbonyl (C=O) groups excluding carboxylic acids is 8. The number of likely N-dealkylation sites (tertiary alicyclic amines) is 2. The van der Waals surface area contributed by atoms with Gasteiger partial charge in [0.05, 0.1) is 40.9 Å². The van der Waals surface area contributed by atoms with Crippen molar-refractivity contribution >= 4 is 57.5 Å². The number of nitrogens with one attached hydrogen (secondary N) is 5. The van der Waals surface area contributed by atoms with Crippen LogP contribution in [0.25, 0.3) is 0 Å². The molecule has 3 aliphatic carbocycles. The van der Waals surface area contributed by atoms with Crippen molar-refractivity contribution in [3.63, 3.8) is 0 Å². The highest BCUT2D eigenvalue weighted by Crippen LogP contribution is 2.44. The van der Waals surface area contributed by atoms with Crippen LogP contribution in [0.1, 0.15) is 171 Å². The molecule has 11 rings (SSSR count). The summed E-state index contributed by atoms with van der Waals surface area (Å²) in [6.07, 6.45) is 13.1. The van der Waals surface area contributed by atoms with Crippen molar-refractivity contribution in [1.82, 2.24) is 45.3 Å². The Bertz CT molecular complexity index is 3850. The number of aromatic nitrogens is 2. The van der Waals surface area contributed by atoms with Gasteiger partial charge in [0.25, 0.3) is 21.8 Å². The second-order valence-corrected chi connectivity index (χ2v) is 30.3. The maximum atomic E-state index is 14.4. The summed E-state index contributed by atoms with van der Waals surface area (Å²) in [5, 5.41) is 15.2. The molecule has 0 spiro atoms. The van der Waals surface area contributed by atoms with Gasteiger partial charge in [-0.05, 0) is 113 Å². The molecule has 1 aromatic heterocycles. The molecule has 0 bridgehead atoms. The molecule has 5 fully saturated rings. The van der Waals surface area contributed by atoms with Crippen LogP contribution in [0.4, 0.5) is 4.79 Å². The number of esters is 1. The van der Waals surface area contributed by atoms with Crippen molar-refractivity contribution in [2.75, 3.05) is 39.3 Å². The van der Waals surface area contributed by atoms with E-state index in [4.69, 9.17) is 9.47 Å². The predicted octanol–water partition coefficient (Wildman–Crippen LogP) is 9.52. The van der Waals surface area contributed by atoms with E-state index >= 15 is 0 Å². The van der Waals surface area contributed by atoms with Crippen LogP contribution in [-0.4, -0.2) is 144 Å². The lowest BCUT2D eigenvalue weighted by Crippen LogP contribution is -2.45. The fourth-order valence-corrected chi connectivity index (χ4v) is 14.9. The van der Waals surface area contributed by atoms with Crippen molar-refractivity contribution in [1.29, 1.82) is 0 Å². The molecule has 3 heterocycles. The summed E-state index contributed by atoms with van der Waals surface area (Å²) in [7, 11) is -3.94. The summed E-state index contributed by atoms with van der Waals surface area (Å²) >= 11 is 0. The number of hydrogen-bond donors (Lipinski definition) is 5. The van der Waals surface area contributed by atoms with Gasteiger partial charge in [-0.2, -0.15) is 0 Å². The minimum atomic E-state index is -3.94. The Kier molecular flexibility index (Phi) is 23.1. The van der Waals surface area contributed by atoms with Crippen LogP contribution in [0.3, 0.4) is 0 Å². The fraction of sp³-hybridized carbons (Fsp3) is 0.468. The van der Waals surface area contributed by atoms with Gasteiger partial charge in [0, 0.05) is 92.3 Å². The minimum Gasteiger partial charge on any atom is -0.464 e. The zero-order valence-corrected chi connectivity index (χ0v) is 57.8. The first-order chi connectivity index (χ1) is 47.7. The standard InChI is InChI=1S/C77H93N9O12S/c1-50-30-36-57(37-31-50)99(95,96)86-44-56(79-49-86)40-68(83-76(94)98-77(2,3)4)75(93)97-39-23-12-10-8-6-5-7-9-11-22-38-78-69(87)61-45-84(46-62(61)70(88)80-65-41-58(65)51-24-16-13-17-25-51)73(91)54-32-34-55(35-33-54)74(92)85-47-63(71(89)81-66-42-59(66)52-26-18-14-19-27-52)64(48-85)72(90)82-67-43-60(67)53-28-20-15-21-29-53/h13-21,24-37,44,49,58-68H,5-12,22-23,38-43,45-48H2,1-4H3,(H,78,87)(H,80,88)(H,81,89)(H,82,90)(H,83,94)/t58-,59-,60-,61-,62-,63-,64-,65+,66+,67+,68+/m1/s1. The van der Waals surface area contributed by atoms with Crippen molar-refractivity contribution in [2.24, 2.45) is 23.7 Å². The SMILES string of the molecule is Cc1ccc(S(=O)(=O)n2cnc(C[C@H](NC(=O)OC(C)(C)C)C(=O)OCCCCCCCCCCCCNC(=O)[C@@H]3CN(C(=O)c4ccc(C(=O)N5C[C@@H](C(=O)N[C@H]6C[C@@H]6c6ccccc6)[C@H](C(=O)N[C@H]6C[C@@H]6c6ccccc6)C5)cc4)C[C@H]3C(=O)N[C@H]3C[C@@H]3c3ccccc3)c2)cc1. The smallest absolute Gasteiger partial charge is 0.408 e. The number of amides is 7. The van der Waals surface area contributed by atoms with Gasteiger partial charge in [-0.15, -0.1) is 0 Å². The van der Waals surface area contributed by atoms with Crippen LogP contribution in [-0.2, 0) is 49.9 Å². The van der Waals surface area contributed by atoms with Gasteiger partial charge in [0.1, 0.15) is 18.0 Å². The van der Waals surface area contributed by atoms with Crippen molar-refractivity contribution in [2.45, 2.75) is 170 Å². The van der Waals surface area contributed by atoms with Gasteiger partial charge in [0.15, 0.2) is 0 Å². The first-order valence-corrected chi connectivity index (χ1v) is 36.6. The summed E-state index contributed by atoms with van der Waals surface area (Å²) < 4.78 is 38.5. The van der Waals surface area contributed by atoms with Crippen LogP contribution < -0.4 is 26.6 Å². The molecule has 5 aliphatic rings. The van der Waals surface area contributed by atoms with Crippen LogP contribution in [0, 0.1) is 30.6 Å². The van der Waals surface area contributed by atoms with E-state index in [1.165, 1.54) is 18.3 Å². The van der Waals surface area contributed by atoms with E-state index in [0.717, 1.165) is 110 Å². The molecule has 3 saturated carbocycles. The quantitative estimate of drug-likeness (QED) is 0.0201. The van der Waals surface area contributed by atoms with E-state index in [2.05, 4.69) is 55.8 Å². The van der Waals surface area contributed by atoms with E-state index in [1.54, 1.807) is 67.0 Å². The van der Waals surface area contributed by atoms with Crippen molar-refractivity contribution in [3.8, 4) is 0 Å². The van der Waals surface area contributed by atoms with E-state index < -0.39 is 57.4 Å². The zero-order chi connectivity index (χ0) is 69.8. The number of ether oxygens (including phenoxy) is 2. The summed E-state index contributed by atoms with van der Waals surface area (Å²) in [5.41, 5.74) is 4.35. The van der Waals surface area contributed by atoms with E-state index in [1.807, 2.05) is 73.7 Å². The van der Waals surface area contributed by atoms with Gasteiger partial charge >= 0.3 is 12.1 Å². The molecule has 524 valence electrons.